The number of methoxy groups -OCH3 is 1. The minimum atomic E-state index is -0.143. The zero-order valence-electron chi connectivity index (χ0n) is 14.3. The Bertz CT molecular complexity index is 924. The van der Waals surface area contributed by atoms with Gasteiger partial charge in [-0.15, -0.1) is 0 Å². The van der Waals surface area contributed by atoms with Gasteiger partial charge in [0.2, 0.25) is 5.91 Å². The van der Waals surface area contributed by atoms with Crippen molar-refractivity contribution in [1.29, 1.82) is 0 Å². The number of amides is 1. The first-order chi connectivity index (χ1) is 12.6. The highest BCUT2D eigenvalue weighted by molar-refractivity contribution is 6.35. The Kier molecular flexibility index (Phi) is 6.14. The predicted molar refractivity (Wildman–Crippen MR) is 104 cm³/mol. The molecule has 3 aromatic rings. The van der Waals surface area contributed by atoms with Gasteiger partial charge in [-0.1, -0.05) is 41.4 Å². The van der Waals surface area contributed by atoms with Gasteiger partial charge in [-0.2, -0.15) is 0 Å². The van der Waals surface area contributed by atoms with Gasteiger partial charge in [0.1, 0.15) is 12.4 Å². The molecular formula is C19H19Cl2N3O2. The fourth-order valence-corrected chi connectivity index (χ4v) is 3.28. The van der Waals surface area contributed by atoms with E-state index in [0.717, 1.165) is 22.4 Å². The molecule has 1 aromatic heterocycles. The normalized spacial score (nSPS) is 11.0. The minimum absolute atomic E-state index is 0.0524. The van der Waals surface area contributed by atoms with Crippen LogP contribution in [0.4, 0.5) is 0 Å². The van der Waals surface area contributed by atoms with Crippen LogP contribution >= 0.6 is 23.2 Å². The number of nitrogens with one attached hydrogen (secondary N) is 1. The van der Waals surface area contributed by atoms with Crippen molar-refractivity contribution in [1.82, 2.24) is 14.9 Å². The van der Waals surface area contributed by atoms with E-state index in [-0.39, 0.29) is 12.5 Å². The molecule has 0 bridgehead atoms. The van der Waals surface area contributed by atoms with E-state index in [1.165, 1.54) is 7.11 Å². The first-order valence-electron chi connectivity index (χ1n) is 8.22. The molecule has 0 atom stereocenters. The third-order valence-electron chi connectivity index (χ3n) is 4.02. The molecule has 0 fully saturated rings. The molecule has 0 saturated carbocycles. The van der Waals surface area contributed by atoms with Gasteiger partial charge < -0.3 is 14.6 Å². The molecule has 0 aliphatic carbocycles. The summed E-state index contributed by atoms with van der Waals surface area (Å²) < 4.78 is 6.94. The minimum Gasteiger partial charge on any atom is -0.375 e. The quantitative estimate of drug-likeness (QED) is 0.667. The number of nitrogens with zero attached hydrogens (tertiary/aromatic N) is 2. The van der Waals surface area contributed by atoms with E-state index < -0.39 is 0 Å². The van der Waals surface area contributed by atoms with Crippen molar-refractivity contribution in [3.63, 3.8) is 0 Å². The van der Waals surface area contributed by atoms with Crippen LogP contribution < -0.4 is 5.32 Å². The fraction of sp³-hybridized carbons (Fsp3) is 0.263. The van der Waals surface area contributed by atoms with Crippen LogP contribution in [0, 0.1) is 0 Å². The van der Waals surface area contributed by atoms with Gasteiger partial charge >= 0.3 is 0 Å². The van der Waals surface area contributed by atoms with Crippen LogP contribution in [-0.2, 0) is 22.5 Å². The molecule has 0 saturated heterocycles. The maximum absolute atomic E-state index is 11.6. The van der Waals surface area contributed by atoms with Crippen LogP contribution in [0.2, 0.25) is 10.0 Å². The Labute approximate surface area is 161 Å². The highest BCUT2D eigenvalue weighted by atomic mass is 35.5. The van der Waals surface area contributed by atoms with Crippen molar-refractivity contribution < 1.29 is 9.53 Å². The first-order valence-corrected chi connectivity index (χ1v) is 8.98. The van der Waals surface area contributed by atoms with E-state index in [1.54, 1.807) is 6.07 Å². The summed E-state index contributed by atoms with van der Waals surface area (Å²) in [6, 6.07) is 13.4. The number of para-hydroxylation sites is 2. The molecule has 0 unspecified atom stereocenters. The number of fused-ring (bicyclic) bond motifs is 1. The standard InChI is InChI=1S/C19H19Cl2N3O2/c1-26-12-19(25)22-9-8-18-23-16-4-2-3-5-17(16)24(18)11-13-6-7-14(20)10-15(13)21/h2-7,10H,8-9,11-12H2,1H3,(H,22,25). The number of hydrogen-bond donors (Lipinski definition) is 1. The summed E-state index contributed by atoms with van der Waals surface area (Å²) in [5.41, 5.74) is 2.90. The molecule has 3 rings (SSSR count). The zero-order chi connectivity index (χ0) is 18.5. The molecule has 2 aromatic carbocycles. The van der Waals surface area contributed by atoms with Gasteiger partial charge in [-0.05, 0) is 29.8 Å². The van der Waals surface area contributed by atoms with E-state index in [0.29, 0.717) is 29.6 Å². The summed E-state index contributed by atoms with van der Waals surface area (Å²) >= 11 is 12.3. The Balaban J connectivity index is 1.86. The summed E-state index contributed by atoms with van der Waals surface area (Å²) in [4.78, 5) is 16.3. The van der Waals surface area contributed by atoms with Gasteiger partial charge in [0.15, 0.2) is 0 Å². The molecule has 1 N–H and O–H groups in total. The zero-order valence-corrected chi connectivity index (χ0v) is 15.8. The molecule has 0 aliphatic heterocycles. The second-order valence-corrected chi connectivity index (χ2v) is 6.72. The van der Waals surface area contributed by atoms with Crippen LogP contribution in [0.1, 0.15) is 11.4 Å². The van der Waals surface area contributed by atoms with Crippen molar-refractivity contribution in [2.45, 2.75) is 13.0 Å². The van der Waals surface area contributed by atoms with E-state index in [9.17, 15) is 4.79 Å². The molecule has 26 heavy (non-hydrogen) atoms. The molecule has 0 radical (unpaired) electrons. The van der Waals surface area contributed by atoms with Crippen LogP contribution in [0.5, 0.6) is 0 Å². The number of carbonyl (C=O) groups excluding carboxylic acids is 1. The lowest BCUT2D eigenvalue weighted by atomic mass is 10.2. The lowest BCUT2D eigenvalue weighted by Gasteiger charge is -2.11. The maximum Gasteiger partial charge on any atom is 0.245 e. The van der Waals surface area contributed by atoms with Crippen molar-refractivity contribution in [2.24, 2.45) is 0 Å². The van der Waals surface area contributed by atoms with E-state index >= 15 is 0 Å². The Morgan fingerprint density at radius 1 is 1.23 bits per heavy atom. The van der Waals surface area contributed by atoms with Crippen LogP contribution in [0.3, 0.4) is 0 Å². The van der Waals surface area contributed by atoms with Gasteiger partial charge in [0.05, 0.1) is 17.6 Å². The summed E-state index contributed by atoms with van der Waals surface area (Å²) in [6.45, 7) is 1.12. The lowest BCUT2D eigenvalue weighted by Crippen LogP contribution is -2.29. The van der Waals surface area contributed by atoms with Crippen LogP contribution in [-0.4, -0.2) is 35.7 Å². The molecular weight excluding hydrogens is 373 g/mol. The third-order valence-corrected chi connectivity index (χ3v) is 4.61. The van der Waals surface area contributed by atoms with Crippen LogP contribution in [0.25, 0.3) is 11.0 Å². The summed E-state index contributed by atoms with van der Waals surface area (Å²) in [5.74, 6) is 0.742. The number of rotatable bonds is 7. The molecule has 1 amide bonds. The van der Waals surface area contributed by atoms with Gasteiger partial charge in [-0.25, -0.2) is 4.98 Å². The van der Waals surface area contributed by atoms with E-state index in [4.69, 9.17) is 32.9 Å². The predicted octanol–water partition coefficient (Wildman–Crippen LogP) is 3.70. The smallest absolute Gasteiger partial charge is 0.245 e. The molecule has 7 heteroatoms. The Morgan fingerprint density at radius 3 is 2.81 bits per heavy atom. The molecule has 136 valence electrons. The number of ether oxygens (including phenoxy) is 1. The molecule has 5 nitrogen and oxygen atoms in total. The second-order valence-electron chi connectivity index (χ2n) is 5.87. The maximum atomic E-state index is 11.6. The third kappa shape index (κ3) is 4.36. The first kappa shape index (κ1) is 18.7. The number of imidazole rings is 1. The fourth-order valence-electron chi connectivity index (χ4n) is 2.81. The average molecular weight is 392 g/mol. The number of aromatic nitrogens is 2. The number of carbonyl (C=O) groups is 1. The van der Waals surface area contributed by atoms with Crippen molar-refractivity contribution >= 4 is 40.1 Å². The lowest BCUT2D eigenvalue weighted by molar-refractivity contribution is -0.124. The van der Waals surface area contributed by atoms with Crippen molar-refractivity contribution in [3.8, 4) is 0 Å². The number of halogens is 2. The van der Waals surface area contributed by atoms with Gasteiger partial charge in [0, 0.05) is 30.1 Å². The summed E-state index contributed by atoms with van der Waals surface area (Å²) in [7, 11) is 1.49. The molecule has 1 heterocycles. The van der Waals surface area contributed by atoms with Gasteiger partial charge in [-0.3, -0.25) is 4.79 Å². The Hall–Kier alpha value is -2.08. The SMILES string of the molecule is COCC(=O)NCCc1nc2ccccc2n1Cc1ccc(Cl)cc1Cl. The molecule has 0 spiro atoms. The Morgan fingerprint density at radius 2 is 2.04 bits per heavy atom. The topological polar surface area (TPSA) is 56.1 Å². The largest absolute Gasteiger partial charge is 0.375 e. The van der Waals surface area contributed by atoms with E-state index in [1.807, 2.05) is 36.4 Å². The van der Waals surface area contributed by atoms with Crippen molar-refractivity contribution in [2.75, 3.05) is 20.3 Å². The average Bonchev–Trinajstić information content (AvgIpc) is 2.95. The number of hydrogen-bond acceptors (Lipinski definition) is 3. The monoisotopic (exact) mass is 391 g/mol. The van der Waals surface area contributed by atoms with Crippen molar-refractivity contribution in [3.05, 3.63) is 63.9 Å². The molecule has 0 aliphatic rings. The highest BCUT2D eigenvalue weighted by Gasteiger charge is 2.13. The summed E-state index contributed by atoms with van der Waals surface area (Å²) in [5, 5.41) is 4.05. The second kappa shape index (κ2) is 8.54. The van der Waals surface area contributed by atoms with E-state index in [2.05, 4.69) is 9.88 Å². The highest BCUT2D eigenvalue weighted by Crippen LogP contribution is 2.24. The number of benzene rings is 2. The van der Waals surface area contributed by atoms with Gasteiger partial charge in [0.25, 0.3) is 0 Å². The summed E-state index contributed by atoms with van der Waals surface area (Å²) in [6.07, 6.45) is 0.606. The van der Waals surface area contributed by atoms with Crippen LogP contribution in [0.15, 0.2) is 42.5 Å².